The number of aromatic nitrogens is 2. The number of carboxylic acids is 1. The monoisotopic (exact) mass is 327 g/mol. The number of imidazole rings is 1. The van der Waals surface area contributed by atoms with E-state index in [9.17, 15) is 14.7 Å². The number of nitrogens with zero attached hydrogens (tertiary/aromatic N) is 2. The molecule has 1 aliphatic rings. The first kappa shape index (κ1) is 16.2. The fraction of sp³-hybridized carbons (Fsp3) is 0.389. The van der Waals surface area contributed by atoms with Gasteiger partial charge in [-0.2, -0.15) is 0 Å². The highest BCUT2D eigenvalue weighted by Gasteiger charge is 2.39. The molecular formula is C18H21N3O3. The lowest BCUT2D eigenvalue weighted by molar-refractivity contribution is -0.150. The van der Waals surface area contributed by atoms with Crippen LogP contribution in [0.4, 0.5) is 0 Å². The molecule has 0 atom stereocenters. The van der Waals surface area contributed by atoms with Crippen LogP contribution in [-0.4, -0.2) is 33.1 Å². The van der Waals surface area contributed by atoms with Crippen LogP contribution >= 0.6 is 0 Å². The number of rotatable bonds is 5. The van der Waals surface area contributed by atoms with Crippen LogP contribution in [-0.2, 0) is 4.79 Å². The van der Waals surface area contributed by atoms with Gasteiger partial charge in [-0.05, 0) is 37.1 Å². The van der Waals surface area contributed by atoms with E-state index in [4.69, 9.17) is 0 Å². The molecule has 0 saturated heterocycles. The van der Waals surface area contributed by atoms with Crippen LogP contribution in [0.1, 0.15) is 42.5 Å². The van der Waals surface area contributed by atoms with Crippen molar-refractivity contribution in [1.29, 1.82) is 0 Å². The zero-order valence-electron chi connectivity index (χ0n) is 13.4. The van der Waals surface area contributed by atoms with Crippen LogP contribution < -0.4 is 5.32 Å². The van der Waals surface area contributed by atoms with Crippen molar-refractivity contribution in [1.82, 2.24) is 14.9 Å². The third kappa shape index (κ3) is 3.32. The first-order valence-corrected chi connectivity index (χ1v) is 8.21. The van der Waals surface area contributed by atoms with Crippen LogP contribution in [0.3, 0.4) is 0 Å². The molecule has 1 saturated carbocycles. The summed E-state index contributed by atoms with van der Waals surface area (Å²) in [6, 6.07) is 7.15. The number of nitrogens with one attached hydrogen (secondary N) is 1. The van der Waals surface area contributed by atoms with Gasteiger partial charge in [-0.25, -0.2) is 4.98 Å². The second kappa shape index (κ2) is 6.86. The van der Waals surface area contributed by atoms with Gasteiger partial charge in [0.05, 0.1) is 11.7 Å². The molecule has 2 aromatic rings. The third-order valence-corrected chi connectivity index (χ3v) is 4.78. The Morgan fingerprint density at radius 1 is 1.17 bits per heavy atom. The van der Waals surface area contributed by atoms with Gasteiger partial charge >= 0.3 is 5.97 Å². The van der Waals surface area contributed by atoms with E-state index in [-0.39, 0.29) is 12.5 Å². The molecule has 1 fully saturated rings. The van der Waals surface area contributed by atoms with E-state index in [2.05, 4.69) is 10.3 Å². The van der Waals surface area contributed by atoms with E-state index in [0.717, 1.165) is 24.9 Å². The first-order chi connectivity index (χ1) is 11.6. The largest absolute Gasteiger partial charge is 0.481 e. The first-order valence-electron chi connectivity index (χ1n) is 8.21. The van der Waals surface area contributed by atoms with Gasteiger partial charge in [-0.1, -0.05) is 19.3 Å². The number of carbonyl (C=O) groups is 2. The van der Waals surface area contributed by atoms with E-state index >= 15 is 0 Å². The normalized spacial score (nSPS) is 16.5. The fourth-order valence-electron chi connectivity index (χ4n) is 3.24. The molecule has 1 amide bonds. The summed E-state index contributed by atoms with van der Waals surface area (Å²) in [5.74, 6) is -1.05. The smallest absolute Gasteiger partial charge is 0.311 e. The molecular weight excluding hydrogens is 306 g/mol. The zero-order valence-corrected chi connectivity index (χ0v) is 13.4. The predicted molar refractivity (Wildman–Crippen MR) is 89.1 cm³/mol. The van der Waals surface area contributed by atoms with Crippen molar-refractivity contribution in [2.45, 2.75) is 32.1 Å². The van der Waals surface area contributed by atoms with E-state index in [1.165, 1.54) is 0 Å². The van der Waals surface area contributed by atoms with Crippen LogP contribution in [0.15, 0.2) is 43.0 Å². The quantitative estimate of drug-likeness (QED) is 0.884. The highest BCUT2D eigenvalue weighted by atomic mass is 16.4. The molecule has 1 aliphatic carbocycles. The molecule has 126 valence electrons. The molecule has 0 bridgehead atoms. The Labute approximate surface area is 140 Å². The minimum Gasteiger partial charge on any atom is -0.481 e. The Bertz CT molecular complexity index is 702. The Balaban J connectivity index is 1.65. The molecule has 3 rings (SSSR count). The van der Waals surface area contributed by atoms with E-state index in [1.807, 2.05) is 22.9 Å². The van der Waals surface area contributed by atoms with Crippen molar-refractivity contribution in [3.8, 4) is 5.69 Å². The van der Waals surface area contributed by atoms with Gasteiger partial charge < -0.3 is 15.0 Å². The van der Waals surface area contributed by atoms with Crippen molar-refractivity contribution in [3.63, 3.8) is 0 Å². The van der Waals surface area contributed by atoms with Gasteiger partial charge in [0.15, 0.2) is 0 Å². The van der Waals surface area contributed by atoms with Crippen molar-refractivity contribution < 1.29 is 14.7 Å². The van der Waals surface area contributed by atoms with Crippen molar-refractivity contribution in [2.75, 3.05) is 6.54 Å². The Kier molecular flexibility index (Phi) is 4.64. The lowest BCUT2D eigenvalue weighted by Gasteiger charge is -2.33. The summed E-state index contributed by atoms with van der Waals surface area (Å²) in [5.41, 5.74) is 0.624. The lowest BCUT2D eigenvalue weighted by atomic mass is 9.74. The highest BCUT2D eigenvalue weighted by molar-refractivity contribution is 5.94. The molecule has 2 N–H and O–H groups in total. The number of carboxylic acid groups (broad SMARTS) is 1. The number of aliphatic carboxylic acids is 1. The molecule has 0 spiro atoms. The fourth-order valence-corrected chi connectivity index (χ4v) is 3.24. The number of hydrogen-bond acceptors (Lipinski definition) is 3. The molecule has 0 aliphatic heterocycles. The van der Waals surface area contributed by atoms with E-state index < -0.39 is 11.4 Å². The zero-order chi connectivity index (χ0) is 17.0. The molecule has 0 unspecified atom stereocenters. The van der Waals surface area contributed by atoms with Gasteiger partial charge in [0, 0.05) is 30.2 Å². The second-order valence-corrected chi connectivity index (χ2v) is 6.35. The highest BCUT2D eigenvalue weighted by Crippen LogP contribution is 2.36. The topological polar surface area (TPSA) is 84.2 Å². The molecule has 6 heteroatoms. The Morgan fingerprint density at radius 3 is 2.46 bits per heavy atom. The van der Waals surface area contributed by atoms with Gasteiger partial charge in [-0.3, -0.25) is 9.59 Å². The minimum atomic E-state index is -0.815. The summed E-state index contributed by atoms with van der Waals surface area (Å²) >= 11 is 0. The average molecular weight is 327 g/mol. The Hall–Kier alpha value is -2.63. The van der Waals surface area contributed by atoms with Crippen LogP contribution in [0.5, 0.6) is 0 Å². The van der Waals surface area contributed by atoms with Crippen LogP contribution in [0.25, 0.3) is 5.69 Å². The van der Waals surface area contributed by atoms with Gasteiger partial charge in [0.2, 0.25) is 0 Å². The van der Waals surface area contributed by atoms with Crippen molar-refractivity contribution in [3.05, 3.63) is 48.5 Å². The minimum absolute atomic E-state index is 0.185. The summed E-state index contributed by atoms with van der Waals surface area (Å²) in [4.78, 5) is 28.0. The number of amides is 1. The number of carbonyl (C=O) groups excluding carboxylic acids is 1. The molecule has 1 aromatic carbocycles. The van der Waals surface area contributed by atoms with Crippen LogP contribution in [0, 0.1) is 5.41 Å². The summed E-state index contributed by atoms with van der Waals surface area (Å²) in [6.07, 6.45) is 9.34. The van der Waals surface area contributed by atoms with Gasteiger partial charge in [0.25, 0.3) is 5.91 Å². The third-order valence-electron chi connectivity index (χ3n) is 4.78. The van der Waals surface area contributed by atoms with Crippen LogP contribution in [0.2, 0.25) is 0 Å². The Morgan fingerprint density at radius 2 is 1.88 bits per heavy atom. The van der Waals surface area contributed by atoms with E-state index in [0.29, 0.717) is 18.4 Å². The maximum absolute atomic E-state index is 12.3. The number of hydrogen-bond donors (Lipinski definition) is 2. The summed E-state index contributed by atoms with van der Waals surface area (Å²) in [5, 5.41) is 12.4. The molecule has 1 heterocycles. The summed E-state index contributed by atoms with van der Waals surface area (Å²) in [6.45, 7) is 0.185. The maximum atomic E-state index is 12.3. The molecule has 1 aromatic heterocycles. The summed E-state index contributed by atoms with van der Waals surface area (Å²) < 4.78 is 1.85. The van der Waals surface area contributed by atoms with Gasteiger partial charge in [0.1, 0.15) is 0 Å². The maximum Gasteiger partial charge on any atom is 0.311 e. The molecule has 24 heavy (non-hydrogen) atoms. The van der Waals surface area contributed by atoms with Gasteiger partial charge in [-0.15, -0.1) is 0 Å². The van der Waals surface area contributed by atoms with Crippen molar-refractivity contribution in [2.24, 2.45) is 5.41 Å². The summed E-state index contributed by atoms with van der Waals surface area (Å²) in [7, 11) is 0. The standard InChI is InChI=1S/C18H21N3O3/c22-16(20-12-18(17(23)24)8-2-1-3-9-18)14-4-6-15(7-5-14)21-11-10-19-13-21/h4-7,10-11,13H,1-3,8-9,12H2,(H,20,22)(H,23,24). The number of benzene rings is 1. The lowest BCUT2D eigenvalue weighted by Crippen LogP contribution is -2.44. The average Bonchev–Trinajstić information content (AvgIpc) is 3.15. The van der Waals surface area contributed by atoms with E-state index in [1.54, 1.807) is 24.7 Å². The molecule has 6 nitrogen and oxygen atoms in total. The second-order valence-electron chi connectivity index (χ2n) is 6.35. The molecule has 0 radical (unpaired) electrons. The SMILES string of the molecule is O=C(NCC1(C(=O)O)CCCCC1)c1ccc(-n2ccnc2)cc1. The predicted octanol–water partition coefficient (Wildman–Crippen LogP) is 2.64. The van der Waals surface area contributed by atoms with Crippen molar-refractivity contribution >= 4 is 11.9 Å².